The van der Waals surface area contributed by atoms with Crippen LogP contribution in [-0.4, -0.2) is 16.3 Å². The lowest BCUT2D eigenvalue weighted by molar-refractivity contribution is 0.168. The average molecular weight is 277 g/mol. The van der Waals surface area contributed by atoms with Gasteiger partial charge in [-0.05, 0) is 49.6 Å². The zero-order valence-electron chi connectivity index (χ0n) is 13.8. The molecule has 0 spiro atoms. The van der Waals surface area contributed by atoms with Crippen LogP contribution in [0.3, 0.4) is 0 Å². The topological polar surface area (TPSA) is 29.9 Å². The Kier molecular flexibility index (Phi) is 5.25. The highest BCUT2D eigenvalue weighted by molar-refractivity contribution is 5.15. The van der Waals surface area contributed by atoms with Gasteiger partial charge in [0.2, 0.25) is 0 Å². The van der Waals surface area contributed by atoms with E-state index in [0.717, 1.165) is 30.7 Å². The molecule has 20 heavy (non-hydrogen) atoms. The van der Waals surface area contributed by atoms with Crippen LogP contribution in [0.2, 0.25) is 0 Å². The van der Waals surface area contributed by atoms with Crippen molar-refractivity contribution in [3.63, 3.8) is 0 Å². The largest absolute Gasteiger partial charge is 0.309 e. The molecule has 4 atom stereocenters. The predicted molar refractivity (Wildman–Crippen MR) is 84.7 cm³/mol. The Morgan fingerprint density at radius 2 is 2.05 bits per heavy atom. The molecule has 1 aromatic rings. The van der Waals surface area contributed by atoms with Crippen molar-refractivity contribution >= 4 is 0 Å². The number of nitrogens with one attached hydrogen (secondary N) is 1. The summed E-state index contributed by atoms with van der Waals surface area (Å²) >= 11 is 0. The molecule has 2 rings (SSSR count). The van der Waals surface area contributed by atoms with E-state index < -0.39 is 0 Å². The lowest BCUT2D eigenvalue weighted by Gasteiger charge is -2.37. The third-order valence-corrected chi connectivity index (χ3v) is 5.18. The summed E-state index contributed by atoms with van der Waals surface area (Å²) in [6, 6.07) is 2.77. The Morgan fingerprint density at radius 1 is 1.30 bits per heavy atom. The van der Waals surface area contributed by atoms with Gasteiger partial charge in [-0.1, -0.05) is 34.1 Å². The van der Waals surface area contributed by atoms with Crippen molar-refractivity contribution < 1.29 is 0 Å². The molecule has 114 valence electrons. The number of hydrogen-bond donors (Lipinski definition) is 1. The van der Waals surface area contributed by atoms with Gasteiger partial charge in [-0.25, -0.2) is 0 Å². The molecule has 1 heterocycles. The second-order valence-corrected chi connectivity index (χ2v) is 6.60. The van der Waals surface area contributed by atoms with Gasteiger partial charge in [0.1, 0.15) is 0 Å². The third kappa shape index (κ3) is 3.25. The van der Waals surface area contributed by atoms with Crippen LogP contribution in [0.25, 0.3) is 0 Å². The van der Waals surface area contributed by atoms with E-state index in [-0.39, 0.29) is 0 Å². The summed E-state index contributed by atoms with van der Waals surface area (Å²) in [4.78, 5) is 0. The Balaban J connectivity index is 2.19. The first-order chi connectivity index (χ1) is 9.56. The normalized spacial score (nSPS) is 28.6. The average Bonchev–Trinajstić information content (AvgIpc) is 2.80. The molecule has 1 saturated carbocycles. The van der Waals surface area contributed by atoms with Gasteiger partial charge in [-0.15, -0.1) is 0 Å². The van der Waals surface area contributed by atoms with Crippen molar-refractivity contribution in [1.82, 2.24) is 15.1 Å². The molecule has 0 bridgehead atoms. The maximum Gasteiger partial charge on any atom is 0.0625 e. The van der Waals surface area contributed by atoms with Crippen molar-refractivity contribution in [2.45, 2.75) is 59.4 Å². The molecule has 0 aromatic carbocycles. The van der Waals surface area contributed by atoms with Crippen LogP contribution in [0, 0.1) is 17.8 Å². The van der Waals surface area contributed by atoms with E-state index >= 15 is 0 Å². The lowest BCUT2D eigenvalue weighted by atomic mass is 9.72. The molecule has 1 N–H and O–H groups in total. The smallest absolute Gasteiger partial charge is 0.0625 e. The maximum absolute atomic E-state index is 4.64. The number of rotatable bonds is 5. The van der Waals surface area contributed by atoms with Gasteiger partial charge in [-0.3, -0.25) is 4.68 Å². The second kappa shape index (κ2) is 6.75. The Morgan fingerprint density at radius 3 is 2.60 bits per heavy atom. The van der Waals surface area contributed by atoms with Gasteiger partial charge >= 0.3 is 0 Å². The summed E-state index contributed by atoms with van der Waals surface area (Å²) in [5, 5.41) is 8.36. The summed E-state index contributed by atoms with van der Waals surface area (Å²) in [6.07, 6.45) is 5.07. The summed E-state index contributed by atoms with van der Waals surface area (Å²) in [7, 11) is 2.09. The first-order valence-corrected chi connectivity index (χ1v) is 8.32. The van der Waals surface area contributed by atoms with Crippen LogP contribution < -0.4 is 5.32 Å². The van der Waals surface area contributed by atoms with Crippen molar-refractivity contribution in [3.8, 4) is 0 Å². The first kappa shape index (κ1) is 15.6. The second-order valence-electron chi connectivity index (χ2n) is 6.60. The minimum atomic E-state index is 0.466. The zero-order valence-corrected chi connectivity index (χ0v) is 13.8. The van der Waals surface area contributed by atoms with Gasteiger partial charge in [0.05, 0.1) is 17.4 Å². The molecule has 1 aromatic heterocycles. The molecule has 0 aliphatic heterocycles. The van der Waals surface area contributed by atoms with Crippen molar-refractivity contribution in [2.75, 3.05) is 6.54 Å². The van der Waals surface area contributed by atoms with Gasteiger partial charge in [-0.2, -0.15) is 5.10 Å². The van der Waals surface area contributed by atoms with E-state index in [1.807, 2.05) is 0 Å². The molecule has 1 aliphatic carbocycles. The van der Waals surface area contributed by atoms with Crippen LogP contribution in [0.4, 0.5) is 0 Å². The highest BCUT2D eigenvalue weighted by atomic mass is 15.3. The Labute approximate surface area is 124 Å². The van der Waals surface area contributed by atoms with Gasteiger partial charge < -0.3 is 5.32 Å². The number of aryl methyl sites for hydroxylation is 2. The number of nitrogens with zero attached hydrogens (tertiary/aromatic N) is 2. The summed E-state index contributed by atoms with van der Waals surface area (Å²) in [5.74, 6) is 2.47. The molecular formula is C17H31N3. The summed E-state index contributed by atoms with van der Waals surface area (Å²) in [6.45, 7) is 10.2. The molecular weight excluding hydrogens is 246 g/mol. The standard InChI is InChI=1S/C17H31N3/c1-6-15-11-16(20(5)19-15)17(18-7-2)14-9-8-12(3)13(4)10-14/h11-14,17-18H,6-10H2,1-5H3. The van der Waals surface area contributed by atoms with Crippen molar-refractivity contribution in [3.05, 3.63) is 17.5 Å². The van der Waals surface area contributed by atoms with E-state index in [1.54, 1.807) is 0 Å². The molecule has 3 nitrogen and oxygen atoms in total. The third-order valence-electron chi connectivity index (χ3n) is 5.18. The fourth-order valence-corrected chi connectivity index (χ4v) is 3.63. The minimum Gasteiger partial charge on any atom is -0.309 e. The van der Waals surface area contributed by atoms with E-state index in [2.05, 4.69) is 55.9 Å². The fourth-order valence-electron chi connectivity index (χ4n) is 3.63. The Hall–Kier alpha value is -0.830. The highest BCUT2D eigenvalue weighted by Gasteiger charge is 2.32. The van der Waals surface area contributed by atoms with Crippen LogP contribution in [0.5, 0.6) is 0 Å². The van der Waals surface area contributed by atoms with E-state index in [4.69, 9.17) is 0 Å². The molecule has 0 saturated heterocycles. The summed E-state index contributed by atoms with van der Waals surface area (Å²) in [5.41, 5.74) is 2.58. The van der Waals surface area contributed by atoms with Crippen LogP contribution in [0.1, 0.15) is 64.4 Å². The minimum absolute atomic E-state index is 0.466. The molecule has 4 unspecified atom stereocenters. The first-order valence-electron chi connectivity index (χ1n) is 8.32. The number of hydrogen-bond acceptors (Lipinski definition) is 2. The lowest BCUT2D eigenvalue weighted by Crippen LogP contribution is -2.34. The van der Waals surface area contributed by atoms with Gasteiger partial charge in [0, 0.05) is 7.05 Å². The van der Waals surface area contributed by atoms with E-state index in [1.165, 1.54) is 30.7 Å². The fraction of sp³-hybridized carbons (Fsp3) is 0.824. The molecule has 0 radical (unpaired) electrons. The SMILES string of the molecule is CCNC(c1cc(CC)nn1C)C1CCC(C)C(C)C1. The summed E-state index contributed by atoms with van der Waals surface area (Å²) < 4.78 is 2.09. The van der Waals surface area contributed by atoms with Gasteiger partial charge in [0.25, 0.3) is 0 Å². The Bertz CT molecular complexity index is 424. The van der Waals surface area contributed by atoms with E-state index in [0.29, 0.717) is 6.04 Å². The van der Waals surface area contributed by atoms with Crippen LogP contribution >= 0.6 is 0 Å². The monoisotopic (exact) mass is 277 g/mol. The predicted octanol–water partition coefficient (Wildman–Crippen LogP) is 3.71. The molecule has 1 fully saturated rings. The molecule has 3 heteroatoms. The highest BCUT2D eigenvalue weighted by Crippen LogP contribution is 2.39. The molecule has 0 amide bonds. The van der Waals surface area contributed by atoms with Crippen LogP contribution in [-0.2, 0) is 13.5 Å². The van der Waals surface area contributed by atoms with Crippen molar-refractivity contribution in [1.29, 1.82) is 0 Å². The van der Waals surface area contributed by atoms with Gasteiger partial charge in [0.15, 0.2) is 0 Å². The maximum atomic E-state index is 4.64. The van der Waals surface area contributed by atoms with Crippen molar-refractivity contribution in [2.24, 2.45) is 24.8 Å². The molecule has 1 aliphatic rings. The van der Waals surface area contributed by atoms with Crippen LogP contribution in [0.15, 0.2) is 6.07 Å². The van der Waals surface area contributed by atoms with E-state index in [9.17, 15) is 0 Å². The number of aromatic nitrogens is 2. The zero-order chi connectivity index (χ0) is 14.7. The quantitative estimate of drug-likeness (QED) is 0.889.